The number of aryl methyl sites for hydroxylation is 1. The average molecular weight is 352 g/mol. The van der Waals surface area contributed by atoms with E-state index in [1.165, 1.54) is 20.5 Å². The summed E-state index contributed by atoms with van der Waals surface area (Å²) in [6.45, 7) is 1.39. The summed E-state index contributed by atoms with van der Waals surface area (Å²) < 4.78 is 13.7. The molecule has 3 heterocycles. The van der Waals surface area contributed by atoms with E-state index in [2.05, 4.69) is 0 Å². The molecule has 0 spiro atoms. The maximum Gasteiger partial charge on any atom is 0.331 e. The minimum atomic E-state index is -0.412. The third-order valence-corrected chi connectivity index (χ3v) is 5.25. The maximum atomic E-state index is 12.6. The molecular weight excluding hydrogens is 332 g/mol. The number of rotatable bonds is 6. The molecule has 8 heteroatoms. The fraction of sp³-hybridized carbons (Fsp3) is 0.562. The third-order valence-electron chi connectivity index (χ3n) is 4.18. The number of hydrogen-bond acceptors (Lipinski definition) is 6. The van der Waals surface area contributed by atoms with Crippen molar-refractivity contribution in [3.05, 3.63) is 31.8 Å². The van der Waals surface area contributed by atoms with Gasteiger partial charge in [0.1, 0.15) is 4.83 Å². The number of carbonyl (C=O) groups excluding carboxylic acids is 1. The Bertz CT molecular complexity index is 844. The molecule has 0 N–H and O–H groups in total. The van der Waals surface area contributed by atoms with Gasteiger partial charge < -0.3 is 9.47 Å². The van der Waals surface area contributed by atoms with Crippen molar-refractivity contribution >= 4 is 27.8 Å². The Hall–Kier alpha value is -1.77. The van der Waals surface area contributed by atoms with Crippen LogP contribution >= 0.6 is 11.3 Å². The number of fused-ring (bicyclic) bond motifs is 1. The summed E-state index contributed by atoms with van der Waals surface area (Å²) in [7, 11) is 1.61. The van der Waals surface area contributed by atoms with Gasteiger partial charge in [0.2, 0.25) is 0 Å². The molecule has 1 fully saturated rings. The minimum absolute atomic E-state index is 0.181. The van der Waals surface area contributed by atoms with E-state index in [0.29, 0.717) is 41.7 Å². The molecule has 0 aromatic carbocycles. The molecule has 3 rings (SSSR count). The van der Waals surface area contributed by atoms with Crippen LogP contribution in [-0.4, -0.2) is 34.9 Å². The summed E-state index contributed by atoms with van der Waals surface area (Å²) in [5, 5.41) is 1.92. The van der Waals surface area contributed by atoms with Crippen LogP contribution in [0.4, 0.5) is 0 Å². The third kappa shape index (κ3) is 3.22. The lowest BCUT2D eigenvalue weighted by Crippen LogP contribution is -2.39. The van der Waals surface area contributed by atoms with Crippen LogP contribution in [0.5, 0.6) is 0 Å². The molecule has 1 aliphatic rings. The Morgan fingerprint density at radius 3 is 2.96 bits per heavy atom. The van der Waals surface area contributed by atoms with E-state index in [0.717, 1.165) is 19.3 Å². The van der Waals surface area contributed by atoms with E-state index in [-0.39, 0.29) is 18.5 Å². The predicted octanol–water partition coefficient (Wildman–Crippen LogP) is 1.51. The molecule has 1 saturated heterocycles. The maximum absolute atomic E-state index is 12.6. The fourth-order valence-corrected chi connectivity index (χ4v) is 3.85. The molecule has 7 nitrogen and oxygen atoms in total. The SMILES string of the molecule is Cn1c(=O)n(CCCOC2CCCCO2)c(=O)c2c(C=O)csc21. The predicted molar refractivity (Wildman–Crippen MR) is 90.9 cm³/mol. The summed E-state index contributed by atoms with van der Waals surface area (Å²) in [6, 6.07) is 0. The average Bonchev–Trinajstić information content (AvgIpc) is 3.04. The lowest BCUT2D eigenvalue weighted by molar-refractivity contribution is -0.163. The first-order valence-electron chi connectivity index (χ1n) is 8.03. The van der Waals surface area contributed by atoms with Gasteiger partial charge in [-0.1, -0.05) is 0 Å². The van der Waals surface area contributed by atoms with Crippen molar-refractivity contribution in [3.63, 3.8) is 0 Å². The molecule has 0 saturated carbocycles. The number of hydrogen-bond donors (Lipinski definition) is 0. The van der Waals surface area contributed by atoms with E-state index < -0.39 is 5.56 Å². The molecule has 2 aromatic rings. The van der Waals surface area contributed by atoms with Crippen molar-refractivity contribution in [2.24, 2.45) is 7.05 Å². The molecule has 1 unspecified atom stereocenters. The monoisotopic (exact) mass is 352 g/mol. The second-order valence-corrected chi connectivity index (χ2v) is 6.67. The number of thiophene rings is 1. The number of ether oxygens (including phenoxy) is 2. The molecule has 1 aliphatic heterocycles. The molecule has 0 amide bonds. The van der Waals surface area contributed by atoms with Crippen molar-refractivity contribution in [2.45, 2.75) is 38.5 Å². The normalized spacial score (nSPS) is 18.1. The molecular formula is C16H20N2O5S. The Balaban J connectivity index is 1.75. The first-order chi connectivity index (χ1) is 11.6. The van der Waals surface area contributed by atoms with Crippen molar-refractivity contribution in [2.75, 3.05) is 13.2 Å². The van der Waals surface area contributed by atoms with Gasteiger partial charge in [-0.2, -0.15) is 0 Å². The fourth-order valence-electron chi connectivity index (χ4n) is 2.88. The van der Waals surface area contributed by atoms with E-state index >= 15 is 0 Å². The summed E-state index contributed by atoms with van der Waals surface area (Å²) in [6.07, 6.45) is 4.03. The van der Waals surface area contributed by atoms with E-state index in [1.54, 1.807) is 12.4 Å². The zero-order valence-corrected chi connectivity index (χ0v) is 14.3. The van der Waals surface area contributed by atoms with Crippen LogP contribution < -0.4 is 11.2 Å². The molecule has 2 aromatic heterocycles. The summed E-state index contributed by atoms with van der Waals surface area (Å²) in [4.78, 5) is 36.6. The standard InChI is InChI=1S/C16H20N2O5S/c1-17-15-13(11(9-19)10-24-15)14(20)18(16(17)21)6-4-8-23-12-5-2-3-7-22-12/h9-10,12H,2-8H2,1H3. The summed E-state index contributed by atoms with van der Waals surface area (Å²) >= 11 is 1.23. The first kappa shape index (κ1) is 17.1. The number of carbonyl (C=O) groups is 1. The van der Waals surface area contributed by atoms with Gasteiger partial charge in [0.05, 0.1) is 12.0 Å². The largest absolute Gasteiger partial charge is 0.353 e. The number of aldehydes is 1. The van der Waals surface area contributed by atoms with E-state index in [4.69, 9.17) is 9.47 Å². The van der Waals surface area contributed by atoms with Gasteiger partial charge in [0.15, 0.2) is 12.6 Å². The molecule has 0 radical (unpaired) electrons. The van der Waals surface area contributed by atoms with Gasteiger partial charge in [-0.05, 0) is 25.7 Å². The minimum Gasteiger partial charge on any atom is -0.353 e. The van der Waals surface area contributed by atoms with Crippen LogP contribution in [0.2, 0.25) is 0 Å². The van der Waals surface area contributed by atoms with E-state index in [1.807, 2.05) is 0 Å². The lowest BCUT2D eigenvalue weighted by Gasteiger charge is -2.22. The lowest BCUT2D eigenvalue weighted by atomic mass is 10.2. The highest BCUT2D eigenvalue weighted by molar-refractivity contribution is 7.17. The highest BCUT2D eigenvalue weighted by Crippen LogP contribution is 2.19. The quantitative estimate of drug-likeness (QED) is 0.581. The van der Waals surface area contributed by atoms with Gasteiger partial charge in [-0.15, -0.1) is 11.3 Å². The van der Waals surface area contributed by atoms with Crippen LogP contribution in [0.15, 0.2) is 15.0 Å². The van der Waals surface area contributed by atoms with Gasteiger partial charge in [0, 0.05) is 31.1 Å². The second-order valence-electron chi connectivity index (χ2n) is 5.81. The van der Waals surface area contributed by atoms with Crippen LogP contribution in [0.3, 0.4) is 0 Å². The van der Waals surface area contributed by atoms with Crippen molar-refractivity contribution in [1.29, 1.82) is 0 Å². The number of nitrogens with zero attached hydrogens (tertiary/aromatic N) is 2. The topological polar surface area (TPSA) is 79.5 Å². The molecule has 24 heavy (non-hydrogen) atoms. The highest BCUT2D eigenvalue weighted by Gasteiger charge is 2.17. The highest BCUT2D eigenvalue weighted by atomic mass is 32.1. The van der Waals surface area contributed by atoms with E-state index in [9.17, 15) is 14.4 Å². The Kier molecular flexibility index (Phi) is 5.27. The van der Waals surface area contributed by atoms with Gasteiger partial charge in [-0.25, -0.2) is 4.79 Å². The second kappa shape index (κ2) is 7.42. The zero-order valence-electron chi connectivity index (χ0n) is 13.5. The van der Waals surface area contributed by atoms with Crippen LogP contribution in [0.1, 0.15) is 36.0 Å². The smallest absolute Gasteiger partial charge is 0.331 e. The van der Waals surface area contributed by atoms with Crippen molar-refractivity contribution in [1.82, 2.24) is 9.13 Å². The molecule has 0 aliphatic carbocycles. The molecule has 1 atom stereocenters. The Morgan fingerprint density at radius 1 is 1.42 bits per heavy atom. The van der Waals surface area contributed by atoms with Crippen LogP contribution in [-0.2, 0) is 23.1 Å². The Labute approximate surface area is 142 Å². The molecule has 130 valence electrons. The van der Waals surface area contributed by atoms with Crippen molar-refractivity contribution < 1.29 is 14.3 Å². The van der Waals surface area contributed by atoms with Crippen LogP contribution in [0.25, 0.3) is 10.2 Å². The van der Waals surface area contributed by atoms with Crippen LogP contribution in [0, 0.1) is 0 Å². The molecule has 0 bridgehead atoms. The number of aromatic nitrogens is 2. The van der Waals surface area contributed by atoms with Gasteiger partial charge in [0.25, 0.3) is 5.56 Å². The zero-order chi connectivity index (χ0) is 17.1. The Morgan fingerprint density at radius 2 is 2.25 bits per heavy atom. The van der Waals surface area contributed by atoms with Gasteiger partial charge >= 0.3 is 5.69 Å². The summed E-state index contributed by atoms with van der Waals surface area (Å²) in [5.41, 5.74) is -0.456. The first-order valence-corrected chi connectivity index (χ1v) is 8.91. The van der Waals surface area contributed by atoms with Crippen molar-refractivity contribution in [3.8, 4) is 0 Å². The summed E-state index contributed by atoms with van der Waals surface area (Å²) in [5.74, 6) is 0. The van der Waals surface area contributed by atoms with Gasteiger partial charge in [-0.3, -0.25) is 18.7 Å².